The first-order chi connectivity index (χ1) is 15.8. The zero-order valence-corrected chi connectivity index (χ0v) is 18.9. The molecule has 1 N–H and O–H groups in total. The maximum absolute atomic E-state index is 13.8. The SMILES string of the molecule is Cc1cc(NC(=O)[C@H](Cc2cc(F)cc(F)c2)N2C(=O)c3ccccc3C2=O)ccc1C#N.S. The Balaban J connectivity index is 0.00000324. The summed E-state index contributed by atoms with van der Waals surface area (Å²) in [5.41, 5.74) is 1.82. The number of carbonyl (C=O) groups excluding carboxylic acids is 3. The molecule has 3 aromatic rings. The van der Waals surface area contributed by atoms with Crippen LogP contribution in [0.4, 0.5) is 14.5 Å². The van der Waals surface area contributed by atoms with Gasteiger partial charge in [-0.2, -0.15) is 18.8 Å². The molecule has 172 valence electrons. The third-order valence-corrected chi connectivity index (χ3v) is 5.41. The molecule has 0 saturated carbocycles. The summed E-state index contributed by atoms with van der Waals surface area (Å²) in [6.45, 7) is 1.70. The van der Waals surface area contributed by atoms with Crippen LogP contribution in [0, 0.1) is 29.9 Å². The molecular weight excluding hydrogens is 460 g/mol. The molecule has 1 heterocycles. The van der Waals surface area contributed by atoms with Crippen LogP contribution < -0.4 is 5.32 Å². The number of rotatable bonds is 5. The Kier molecular flexibility index (Phi) is 7.13. The van der Waals surface area contributed by atoms with Crippen LogP contribution in [-0.2, 0) is 11.2 Å². The van der Waals surface area contributed by atoms with Crippen molar-refractivity contribution in [3.63, 3.8) is 0 Å². The zero-order valence-electron chi connectivity index (χ0n) is 17.9. The number of anilines is 1. The Bertz CT molecular complexity index is 1300. The van der Waals surface area contributed by atoms with E-state index in [4.69, 9.17) is 5.26 Å². The van der Waals surface area contributed by atoms with Crippen molar-refractivity contribution in [1.29, 1.82) is 5.26 Å². The lowest BCUT2D eigenvalue weighted by atomic mass is 10.0. The third-order valence-electron chi connectivity index (χ3n) is 5.41. The highest BCUT2D eigenvalue weighted by Crippen LogP contribution is 2.27. The van der Waals surface area contributed by atoms with Gasteiger partial charge in [-0.25, -0.2) is 8.78 Å². The minimum Gasteiger partial charge on any atom is -0.324 e. The molecule has 34 heavy (non-hydrogen) atoms. The molecule has 1 aliphatic rings. The second-order valence-electron chi connectivity index (χ2n) is 7.65. The monoisotopic (exact) mass is 479 g/mol. The first-order valence-corrected chi connectivity index (χ1v) is 10.0. The molecule has 1 atom stereocenters. The second-order valence-corrected chi connectivity index (χ2v) is 7.65. The number of nitrogens with zero attached hydrogens (tertiary/aromatic N) is 2. The topological polar surface area (TPSA) is 90.3 Å². The minimum absolute atomic E-state index is 0. The van der Waals surface area contributed by atoms with Gasteiger partial charge in [0.25, 0.3) is 11.8 Å². The van der Waals surface area contributed by atoms with E-state index in [2.05, 4.69) is 5.32 Å². The van der Waals surface area contributed by atoms with Crippen LogP contribution in [0.3, 0.4) is 0 Å². The lowest BCUT2D eigenvalue weighted by Crippen LogP contribution is -2.48. The fraction of sp³-hybridized carbons (Fsp3) is 0.120. The smallest absolute Gasteiger partial charge is 0.262 e. The number of nitrogens with one attached hydrogen (secondary N) is 1. The van der Waals surface area contributed by atoms with Gasteiger partial charge in [-0.15, -0.1) is 0 Å². The number of carbonyl (C=O) groups is 3. The van der Waals surface area contributed by atoms with E-state index >= 15 is 0 Å². The number of benzene rings is 3. The van der Waals surface area contributed by atoms with E-state index in [1.807, 2.05) is 6.07 Å². The number of hydrogen-bond donors (Lipinski definition) is 1. The van der Waals surface area contributed by atoms with Crippen LogP contribution in [0.5, 0.6) is 0 Å². The number of halogens is 2. The lowest BCUT2D eigenvalue weighted by molar-refractivity contribution is -0.119. The maximum Gasteiger partial charge on any atom is 0.262 e. The number of fused-ring (bicyclic) bond motifs is 1. The van der Waals surface area contributed by atoms with Gasteiger partial charge in [0.05, 0.1) is 22.8 Å². The van der Waals surface area contributed by atoms with E-state index < -0.39 is 35.4 Å². The summed E-state index contributed by atoms with van der Waals surface area (Å²) in [7, 11) is 0. The van der Waals surface area contributed by atoms with Gasteiger partial charge in [0, 0.05) is 18.2 Å². The normalized spacial score (nSPS) is 13.1. The molecular formula is C25H19F2N3O3S. The Morgan fingerprint density at radius 3 is 2.12 bits per heavy atom. The maximum atomic E-state index is 13.8. The van der Waals surface area contributed by atoms with E-state index in [-0.39, 0.29) is 36.6 Å². The van der Waals surface area contributed by atoms with Crippen LogP contribution in [0.25, 0.3) is 0 Å². The van der Waals surface area contributed by atoms with Gasteiger partial charge in [0.15, 0.2) is 0 Å². The van der Waals surface area contributed by atoms with Gasteiger partial charge in [-0.05, 0) is 60.5 Å². The number of hydrogen-bond acceptors (Lipinski definition) is 4. The molecule has 3 aromatic carbocycles. The summed E-state index contributed by atoms with van der Waals surface area (Å²) in [4.78, 5) is 40.1. The highest BCUT2D eigenvalue weighted by Gasteiger charge is 2.42. The summed E-state index contributed by atoms with van der Waals surface area (Å²) < 4.78 is 27.5. The Morgan fingerprint density at radius 1 is 1.00 bits per heavy atom. The Labute approximate surface area is 201 Å². The molecule has 0 bridgehead atoms. The number of amides is 3. The molecule has 3 amide bonds. The summed E-state index contributed by atoms with van der Waals surface area (Å²) >= 11 is 0. The summed E-state index contributed by atoms with van der Waals surface area (Å²) in [5, 5.41) is 11.7. The fourth-order valence-electron chi connectivity index (χ4n) is 3.84. The average molecular weight is 480 g/mol. The van der Waals surface area contributed by atoms with Crippen molar-refractivity contribution >= 4 is 36.9 Å². The van der Waals surface area contributed by atoms with Crippen LogP contribution in [0.2, 0.25) is 0 Å². The summed E-state index contributed by atoms with van der Waals surface area (Å²) in [5.74, 6) is -3.71. The summed E-state index contributed by atoms with van der Waals surface area (Å²) in [6.07, 6.45) is -0.290. The van der Waals surface area contributed by atoms with Crippen molar-refractivity contribution in [2.75, 3.05) is 5.32 Å². The number of nitriles is 1. The van der Waals surface area contributed by atoms with E-state index in [9.17, 15) is 23.2 Å². The van der Waals surface area contributed by atoms with Gasteiger partial charge in [-0.3, -0.25) is 19.3 Å². The molecule has 0 aromatic heterocycles. The molecule has 9 heteroatoms. The highest BCUT2D eigenvalue weighted by molar-refractivity contribution is 7.59. The van der Waals surface area contributed by atoms with Crippen LogP contribution in [0.15, 0.2) is 60.7 Å². The van der Waals surface area contributed by atoms with Crippen molar-refractivity contribution in [3.05, 3.63) is 100 Å². The largest absolute Gasteiger partial charge is 0.324 e. The molecule has 1 aliphatic heterocycles. The Hall–Kier alpha value is -4.03. The van der Waals surface area contributed by atoms with Crippen LogP contribution >= 0.6 is 13.5 Å². The third kappa shape index (κ3) is 4.67. The molecule has 0 radical (unpaired) electrons. The molecule has 4 rings (SSSR count). The predicted octanol–water partition coefficient (Wildman–Crippen LogP) is 4.10. The van der Waals surface area contributed by atoms with E-state index in [0.717, 1.165) is 17.0 Å². The van der Waals surface area contributed by atoms with Gasteiger partial charge in [0.1, 0.15) is 17.7 Å². The quantitative estimate of drug-likeness (QED) is 0.558. The first-order valence-electron chi connectivity index (χ1n) is 10.0. The van der Waals surface area contributed by atoms with Crippen LogP contribution in [0.1, 0.15) is 37.4 Å². The van der Waals surface area contributed by atoms with E-state index in [1.54, 1.807) is 25.1 Å². The molecule has 0 unspecified atom stereocenters. The standard InChI is InChI=1S/C25H17F2N3O3.H2S/c1-14-8-19(7-6-16(14)13-28)29-23(31)22(11-15-9-17(26)12-18(27)10-15)30-24(32)20-4-2-3-5-21(20)25(30)33;/h2-10,12,22H,11H2,1H3,(H,29,31);1H2/t22-;/m0./s1. The van der Waals surface area contributed by atoms with Crippen molar-refractivity contribution in [3.8, 4) is 6.07 Å². The molecule has 0 spiro atoms. The van der Waals surface area contributed by atoms with Crippen molar-refractivity contribution in [1.82, 2.24) is 4.90 Å². The lowest BCUT2D eigenvalue weighted by Gasteiger charge is -2.25. The molecule has 0 aliphatic carbocycles. The molecule has 6 nitrogen and oxygen atoms in total. The number of aryl methyl sites for hydroxylation is 1. The van der Waals surface area contributed by atoms with E-state index in [0.29, 0.717) is 22.9 Å². The van der Waals surface area contributed by atoms with Gasteiger partial charge < -0.3 is 5.32 Å². The molecule has 0 fully saturated rings. The fourth-order valence-corrected chi connectivity index (χ4v) is 3.84. The number of imide groups is 1. The average Bonchev–Trinajstić information content (AvgIpc) is 3.02. The van der Waals surface area contributed by atoms with Crippen molar-refractivity contribution in [2.45, 2.75) is 19.4 Å². The summed E-state index contributed by atoms with van der Waals surface area (Å²) in [6, 6.07) is 14.3. The molecule has 0 saturated heterocycles. The van der Waals surface area contributed by atoms with E-state index in [1.165, 1.54) is 24.3 Å². The van der Waals surface area contributed by atoms with Crippen molar-refractivity contribution in [2.24, 2.45) is 0 Å². The van der Waals surface area contributed by atoms with Crippen LogP contribution in [-0.4, -0.2) is 28.7 Å². The zero-order chi connectivity index (χ0) is 23.7. The second kappa shape index (κ2) is 9.85. The predicted molar refractivity (Wildman–Crippen MR) is 126 cm³/mol. The van der Waals surface area contributed by atoms with Gasteiger partial charge >= 0.3 is 0 Å². The van der Waals surface area contributed by atoms with Gasteiger partial charge in [0.2, 0.25) is 5.91 Å². The first kappa shape index (κ1) is 24.6. The van der Waals surface area contributed by atoms with Crippen molar-refractivity contribution < 1.29 is 23.2 Å². The minimum atomic E-state index is -1.37. The van der Waals surface area contributed by atoms with Gasteiger partial charge in [-0.1, -0.05) is 12.1 Å². The Morgan fingerprint density at radius 2 is 1.59 bits per heavy atom. The highest BCUT2D eigenvalue weighted by atomic mass is 32.1.